The Morgan fingerprint density at radius 1 is 1.17 bits per heavy atom. The molecule has 0 aliphatic carbocycles. The van der Waals surface area contributed by atoms with Crippen LogP contribution in [-0.4, -0.2) is 22.0 Å². The summed E-state index contributed by atoms with van der Waals surface area (Å²) in [5, 5.41) is 18.6. The Kier molecular flexibility index (Phi) is 3.01. The molecule has 1 aromatic heterocycles. The Balaban J connectivity index is 1.92. The first-order chi connectivity index (χ1) is 11.2. The second-order valence-corrected chi connectivity index (χ2v) is 5.61. The molecule has 3 aromatic rings. The van der Waals surface area contributed by atoms with Gasteiger partial charge in [0.1, 0.15) is 0 Å². The first-order valence-corrected chi connectivity index (χ1v) is 7.47. The van der Waals surface area contributed by atoms with Crippen LogP contribution < -0.4 is 10.1 Å². The molecule has 0 unspecified atom stereocenters. The SMILES string of the molecule is COc1cccc([C@@H]2Nc3ccccc3-c3cc(C)nn32)c1O. The van der Waals surface area contributed by atoms with Gasteiger partial charge in [0.25, 0.3) is 0 Å². The lowest BCUT2D eigenvalue weighted by Gasteiger charge is -2.29. The van der Waals surface area contributed by atoms with Crippen molar-refractivity contribution < 1.29 is 9.84 Å². The maximum absolute atomic E-state index is 10.5. The number of anilines is 1. The van der Waals surface area contributed by atoms with Gasteiger partial charge in [0.15, 0.2) is 17.7 Å². The number of nitrogens with one attached hydrogen (secondary N) is 1. The number of aryl methyl sites for hydroxylation is 1. The fourth-order valence-corrected chi connectivity index (χ4v) is 3.09. The second kappa shape index (κ2) is 5.05. The number of aromatic nitrogens is 2. The number of nitrogens with zero attached hydrogens (tertiary/aromatic N) is 2. The van der Waals surface area contributed by atoms with Crippen molar-refractivity contribution in [2.45, 2.75) is 13.1 Å². The minimum Gasteiger partial charge on any atom is -0.504 e. The van der Waals surface area contributed by atoms with Crippen molar-refractivity contribution in [3.05, 3.63) is 59.8 Å². The molecule has 2 N–H and O–H groups in total. The Hall–Kier alpha value is -2.95. The summed E-state index contributed by atoms with van der Waals surface area (Å²) in [6.07, 6.45) is -0.288. The number of aromatic hydroxyl groups is 1. The highest BCUT2D eigenvalue weighted by Crippen LogP contribution is 2.42. The van der Waals surface area contributed by atoms with E-state index in [0.29, 0.717) is 5.75 Å². The molecule has 2 aromatic carbocycles. The van der Waals surface area contributed by atoms with Crippen LogP contribution in [0.1, 0.15) is 17.4 Å². The van der Waals surface area contributed by atoms with E-state index in [-0.39, 0.29) is 11.9 Å². The van der Waals surface area contributed by atoms with Crippen molar-refractivity contribution in [3.63, 3.8) is 0 Å². The van der Waals surface area contributed by atoms with E-state index in [1.54, 1.807) is 13.2 Å². The van der Waals surface area contributed by atoms with E-state index < -0.39 is 0 Å². The Bertz CT molecular complexity index is 886. The van der Waals surface area contributed by atoms with Crippen LogP contribution in [0, 0.1) is 6.92 Å². The fourth-order valence-electron chi connectivity index (χ4n) is 3.09. The van der Waals surface area contributed by atoms with E-state index in [0.717, 1.165) is 28.2 Å². The third kappa shape index (κ3) is 2.04. The van der Waals surface area contributed by atoms with Gasteiger partial charge in [-0.15, -0.1) is 0 Å². The van der Waals surface area contributed by atoms with Gasteiger partial charge in [0.2, 0.25) is 0 Å². The lowest BCUT2D eigenvalue weighted by molar-refractivity contribution is 0.366. The quantitative estimate of drug-likeness (QED) is 0.760. The second-order valence-electron chi connectivity index (χ2n) is 5.61. The van der Waals surface area contributed by atoms with Crippen LogP contribution in [0.15, 0.2) is 48.5 Å². The van der Waals surface area contributed by atoms with Crippen molar-refractivity contribution in [1.82, 2.24) is 9.78 Å². The van der Waals surface area contributed by atoms with Gasteiger partial charge >= 0.3 is 0 Å². The molecule has 116 valence electrons. The minimum absolute atomic E-state index is 0.131. The van der Waals surface area contributed by atoms with Crippen LogP contribution in [0.4, 0.5) is 5.69 Å². The monoisotopic (exact) mass is 307 g/mol. The van der Waals surface area contributed by atoms with E-state index in [9.17, 15) is 5.11 Å². The molecule has 0 saturated heterocycles. The van der Waals surface area contributed by atoms with Crippen molar-refractivity contribution in [2.75, 3.05) is 12.4 Å². The lowest BCUT2D eigenvalue weighted by atomic mass is 10.0. The highest BCUT2D eigenvalue weighted by atomic mass is 16.5. The average Bonchev–Trinajstić information content (AvgIpc) is 2.96. The number of benzene rings is 2. The zero-order valence-corrected chi connectivity index (χ0v) is 12.9. The van der Waals surface area contributed by atoms with Crippen LogP contribution in [-0.2, 0) is 0 Å². The Morgan fingerprint density at radius 2 is 2.00 bits per heavy atom. The molecule has 4 rings (SSSR count). The lowest BCUT2D eigenvalue weighted by Crippen LogP contribution is -2.25. The molecule has 1 aliphatic heterocycles. The van der Waals surface area contributed by atoms with Crippen LogP contribution in [0.2, 0.25) is 0 Å². The summed E-state index contributed by atoms with van der Waals surface area (Å²) in [6, 6.07) is 15.6. The van der Waals surface area contributed by atoms with Gasteiger partial charge in [-0.1, -0.05) is 30.3 Å². The number of hydrogen-bond acceptors (Lipinski definition) is 4. The smallest absolute Gasteiger partial charge is 0.164 e. The van der Waals surface area contributed by atoms with Gasteiger partial charge in [-0.2, -0.15) is 5.10 Å². The largest absolute Gasteiger partial charge is 0.504 e. The molecule has 5 nitrogen and oxygen atoms in total. The summed E-state index contributed by atoms with van der Waals surface area (Å²) in [6.45, 7) is 1.97. The molecule has 0 saturated carbocycles. The van der Waals surface area contributed by atoms with E-state index in [4.69, 9.17) is 4.74 Å². The highest BCUT2D eigenvalue weighted by Gasteiger charge is 2.28. The van der Waals surface area contributed by atoms with E-state index >= 15 is 0 Å². The molecule has 23 heavy (non-hydrogen) atoms. The zero-order chi connectivity index (χ0) is 16.0. The van der Waals surface area contributed by atoms with Crippen LogP contribution in [0.3, 0.4) is 0 Å². The number of hydrogen-bond donors (Lipinski definition) is 2. The first kappa shape index (κ1) is 13.7. The normalized spacial score (nSPS) is 15.5. The maximum Gasteiger partial charge on any atom is 0.164 e. The summed E-state index contributed by atoms with van der Waals surface area (Å²) < 4.78 is 7.14. The van der Waals surface area contributed by atoms with Gasteiger partial charge in [-0.25, -0.2) is 4.68 Å². The first-order valence-electron chi connectivity index (χ1n) is 7.47. The van der Waals surface area contributed by atoms with Crippen molar-refractivity contribution in [2.24, 2.45) is 0 Å². The Labute approximate surface area is 134 Å². The van der Waals surface area contributed by atoms with E-state index in [1.165, 1.54) is 0 Å². The van der Waals surface area contributed by atoms with Gasteiger partial charge in [0, 0.05) is 16.8 Å². The predicted molar refractivity (Wildman–Crippen MR) is 88.8 cm³/mol. The van der Waals surface area contributed by atoms with Gasteiger partial charge in [-0.05, 0) is 25.1 Å². The molecular weight excluding hydrogens is 290 g/mol. The molecule has 0 spiro atoms. The van der Waals surface area contributed by atoms with Crippen LogP contribution in [0.25, 0.3) is 11.3 Å². The predicted octanol–water partition coefficient (Wildman–Crippen LogP) is 3.55. The molecule has 1 aliphatic rings. The summed E-state index contributed by atoms with van der Waals surface area (Å²) in [4.78, 5) is 0. The van der Waals surface area contributed by atoms with E-state index in [1.807, 2.05) is 41.9 Å². The number of phenolic OH excluding ortho intramolecular Hbond substituents is 1. The molecule has 0 amide bonds. The number of para-hydroxylation sites is 2. The molecule has 0 bridgehead atoms. The maximum atomic E-state index is 10.5. The molecule has 0 radical (unpaired) electrons. The number of phenols is 1. The molecule has 1 atom stereocenters. The number of methoxy groups -OCH3 is 1. The number of fused-ring (bicyclic) bond motifs is 3. The summed E-state index contributed by atoms with van der Waals surface area (Å²) >= 11 is 0. The highest BCUT2D eigenvalue weighted by molar-refractivity contribution is 5.79. The summed E-state index contributed by atoms with van der Waals surface area (Å²) in [5.74, 6) is 0.583. The van der Waals surface area contributed by atoms with Gasteiger partial charge in [0.05, 0.1) is 18.5 Å². The molecule has 0 fully saturated rings. The van der Waals surface area contributed by atoms with Crippen LogP contribution in [0.5, 0.6) is 11.5 Å². The van der Waals surface area contributed by atoms with Gasteiger partial charge < -0.3 is 15.2 Å². The number of ether oxygens (including phenoxy) is 1. The molecular formula is C18H17N3O2. The standard InChI is InChI=1S/C18H17N3O2/c1-11-10-15-12-6-3-4-8-14(12)19-18(21(15)20-11)13-7-5-9-16(23-2)17(13)22/h3-10,18-19,22H,1-2H3/t18-/m1/s1. The average molecular weight is 307 g/mol. The Morgan fingerprint density at radius 3 is 2.83 bits per heavy atom. The minimum atomic E-state index is -0.288. The van der Waals surface area contributed by atoms with Crippen LogP contribution >= 0.6 is 0 Å². The molecule has 5 heteroatoms. The van der Waals surface area contributed by atoms with Gasteiger partial charge in [-0.3, -0.25) is 0 Å². The van der Waals surface area contributed by atoms with E-state index in [2.05, 4.69) is 22.5 Å². The van der Waals surface area contributed by atoms with Crippen molar-refractivity contribution in [1.29, 1.82) is 0 Å². The topological polar surface area (TPSA) is 59.3 Å². The zero-order valence-electron chi connectivity index (χ0n) is 12.9. The van der Waals surface area contributed by atoms with Crippen molar-refractivity contribution in [3.8, 4) is 22.8 Å². The third-order valence-corrected chi connectivity index (χ3v) is 4.14. The number of rotatable bonds is 2. The fraction of sp³-hybridized carbons (Fsp3) is 0.167. The molecule has 2 heterocycles. The van der Waals surface area contributed by atoms with Crippen molar-refractivity contribution >= 4 is 5.69 Å². The summed E-state index contributed by atoms with van der Waals surface area (Å²) in [5.41, 5.74) is 4.82. The summed E-state index contributed by atoms with van der Waals surface area (Å²) in [7, 11) is 1.55. The third-order valence-electron chi connectivity index (χ3n) is 4.14.